The van der Waals surface area contributed by atoms with Crippen molar-refractivity contribution in [3.05, 3.63) is 0 Å². The summed E-state index contributed by atoms with van der Waals surface area (Å²) in [6.07, 6.45) is 5.42. The molecule has 1 heterocycles. The Hall–Kier alpha value is -1.26. The van der Waals surface area contributed by atoms with Crippen molar-refractivity contribution in [1.82, 2.24) is 10.2 Å². The molecule has 0 aromatic rings. The SMILES string of the molecule is C[C@H](NC(=O)N1CCC(C)(C(=O)O)C1)C1CCCC1. The number of carboxylic acid groups (broad SMARTS) is 1. The molecule has 108 valence electrons. The Morgan fingerprint density at radius 1 is 1.37 bits per heavy atom. The van der Waals surface area contributed by atoms with Gasteiger partial charge in [0.1, 0.15) is 0 Å². The maximum atomic E-state index is 12.1. The predicted octanol–water partition coefficient (Wildman–Crippen LogP) is 2.07. The fraction of sp³-hybridized carbons (Fsp3) is 0.857. The Labute approximate surface area is 114 Å². The lowest BCUT2D eigenvalue weighted by Gasteiger charge is -2.25. The number of rotatable bonds is 3. The fourth-order valence-corrected chi connectivity index (χ4v) is 3.17. The average molecular weight is 268 g/mol. The molecule has 1 unspecified atom stereocenters. The summed E-state index contributed by atoms with van der Waals surface area (Å²) in [6, 6.07) is 0.0797. The second-order valence-electron chi connectivity index (χ2n) is 6.32. The minimum atomic E-state index is -0.813. The third-order valence-corrected chi connectivity index (χ3v) is 4.73. The van der Waals surface area contributed by atoms with Crippen molar-refractivity contribution < 1.29 is 14.7 Å². The summed E-state index contributed by atoms with van der Waals surface area (Å²) in [7, 11) is 0. The largest absolute Gasteiger partial charge is 0.481 e. The highest BCUT2D eigenvalue weighted by molar-refractivity contribution is 5.79. The van der Waals surface area contributed by atoms with E-state index >= 15 is 0 Å². The van der Waals surface area contributed by atoms with Gasteiger partial charge in [-0.1, -0.05) is 12.8 Å². The van der Waals surface area contributed by atoms with E-state index in [2.05, 4.69) is 12.2 Å². The summed E-state index contributed by atoms with van der Waals surface area (Å²) >= 11 is 0. The maximum Gasteiger partial charge on any atom is 0.317 e. The van der Waals surface area contributed by atoms with E-state index in [1.807, 2.05) is 0 Å². The quantitative estimate of drug-likeness (QED) is 0.823. The van der Waals surface area contributed by atoms with Crippen LogP contribution in [0.2, 0.25) is 0 Å². The molecule has 5 nitrogen and oxygen atoms in total. The summed E-state index contributed by atoms with van der Waals surface area (Å²) in [4.78, 5) is 24.9. The van der Waals surface area contributed by atoms with Gasteiger partial charge in [-0.05, 0) is 39.0 Å². The molecule has 2 aliphatic rings. The lowest BCUT2D eigenvalue weighted by molar-refractivity contribution is -0.146. The normalized spacial score (nSPS) is 29.5. The van der Waals surface area contributed by atoms with Crippen LogP contribution in [0, 0.1) is 11.3 Å². The number of nitrogens with one attached hydrogen (secondary N) is 1. The zero-order valence-corrected chi connectivity index (χ0v) is 11.8. The van der Waals surface area contributed by atoms with Gasteiger partial charge in [-0.2, -0.15) is 0 Å². The molecule has 0 spiro atoms. The number of carbonyl (C=O) groups is 2. The molecule has 1 saturated carbocycles. The van der Waals surface area contributed by atoms with Crippen LogP contribution in [0.1, 0.15) is 46.0 Å². The Balaban J connectivity index is 1.86. The van der Waals surface area contributed by atoms with Gasteiger partial charge in [-0.3, -0.25) is 4.79 Å². The van der Waals surface area contributed by atoms with Gasteiger partial charge < -0.3 is 15.3 Å². The van der Waals surface area contributed by atoms with Crippen molar-refractivity contribution >= 4 is 12.0 Å². The van der Waals surface area contributed by atoms with E-state index in [9.17, 15) is 9.59 Å². The molecule has 0 radical (unpaired) electrons. The molecule has 5 heteroatoms. The van der Waals surface area contributed by atoms with E-state index in [0.29, 0.717) is 25.4 Å². The maximum absolute atomic E-state index is 12.1. The van der Waals surface area contributed by atoms with Crippen LogP contribution in [-0.4, -0.2) is 41.1 Å². The first kappa shape index (κ1) is 14.2. The lowest BCUT2D eigenvalue weighted by atomic mass is 9.90. The van der Waals surface area contributed by atoms with E-state index in [-0.39, 0.29) is 12.1 Å². The molecule has 2 atom stereocenters. The molecule has 0 aromatic heterocycles. The molecule has 0 aromatic carbocycles. The molecule has 0 bridgehead atoms. The summed E-state index contributed by atoms with van der Waals surface area (Å²) in [5.74, 6) is -0.232. The standard InChI is InChI=1S/C14H24N2O3/c1-10(11-5-3-4-6-11)15-13(19)16-8-7-14(2,9-16)12(17)18/h10-11H,3-9H2,1-2H3,(H,15,19)(H,17,18)/t10-,14?/m0/s1. The van der Waals surface area contributed by atoms with Crippen LogP contribution in [0.5, 0.6) is 0 Å². The van der Waals surface area contributed by atoms with Crippen molar-refractivity contribution in [2.45, 2.75) is 52.0 Å². The van der Waals surface area contributed by atoms with Crippen molar-refractivity contribution in [3.63, 3.8) is 0 Å². The summed E-state index contributed by atoms with van der Waals surface area (Å²) < 4.78 is 0. The van der Waals surface area contributed by atoms with Crippen LogP contribution in [0.4, 0.5) is 4.79 Å². The van der Waals surface area contributed by atoms with E-state index in [0.717, 1.165) is 0 Å². The van der Waals surface area contributed by atoms with E-state index in [1.165, 1.54) is 25.7 Å². The molecular weight excluding hydrogens is 244 g/mol. The van der Waals surface area contributed by atoms with Gasteiger partial charge in [0.2, 0.25) is 0 Å². The van der Waals surface area contributed by atoms with Crippen molar-refractivity contribution in [3.8, 4) is 0 Å². The number of carbonyl (C=O) groups excluding carboxylic acids is 1. The highest BCUT2D eigenvalue weighted by Crippen LogP contribution is 2.31. The fourth-order valence-electron chi connectivity index (χ4n) is 3.17. The number of likely N-dealkylation sites (tertiary alicyclic amines) is 1. The highest BCUT2D eigenvalue weighted by Gasteiger charge is 2.42. The van der Waals surface area contributed by atoms with Gasteiger partial charge in [0.25, 0.3) is 0 Å². The number of amides is 2. The van der Waals surface area contributed by atoms with Crippen LogP contribution in [-0.2, 0) is 4.79 Å². The van der Waals surface area contributed by atoms with Gasteiger partial charge in [0.15, 0.2) is 0 Å². The second-order valence-corrected chi connectivity index (χ2v) is 6.32. The van der Waals surface area contributed by atoms with Crippen molar-refractivity contribution in [2.24, 2.45) is 11.3 Å². The number of carboxylic acids is 1. The molecule has 2 fully saturated rings. The molecule has 2 amide bonds. The Morgan fingerprint density at radius 3 is 2.53 bits per heavy atom. The van der Waals surface area contributed by atoms with Crippen LogP contribution in [0.25, 0.3) is 0 Å². The Morgan fingerprint density at radius 2 is 2.00 bits per heavy atom. The summed E-state index contributed by atoms with van der Waals surface area (Å²) in [5.41, 5.74) is -0.784. The van der Waals surface area contributed by atoms with Crippen molar-refractivity contribution in [1.29, 1.82) is 0 Å². The smallest absolute Gasteiger partial charge is 0.317 e. The minimum Gasteiger partial charge on any atom is -0.481 e. The van der Waals surface area contributed by atoms with E-state index < -0.39 is 11.4 Å². The predicted molar refractivity (Wildman–Crippen MR) is 71.9 cm³/mol. The van der Waals surface area contributed by atoms with Gasteiger partial charge in [0.05, 0.1) is 5.41 Å². The van der Waals surface area contributed by atoms with Crippen LogP contribution < -0.4 is 5.32 Å². The lowest BCUT2D eigenvalue weighted by Crippen LogP contribution is -2.46. The topological polar surface area (TPSA) is 69.6 Å². The monoisotopic (exact) mass is 268 g/mol. The highest BCUT2D eigenvalue weighted by atomic mass is 16.4. The minimum absolute atomic E-state index is 0.107. The first-order valence-corrected chi connectivity index (χ1v) is 7.21. The van der Waals surface area contributed by atoms with Gasteiger partial charge in [-0.25, -0.2) is 4.79 Å². The van der Waals surface area contributed by atoms with Gasteiger partial charge in [0, 0.05) is 19.1 Å². The average Bonchev–Trinajstić information content (AvgIpc) is 2.98. The number of urea groups is 1. The molecule has 1 saturated heterocycles. The van der Waals surface area contributed by atoms with Crippen LogP contribution >= 0.6 is 0 Å². The number of hydrogen-bond donors (Lipinski definition) is 2. The third kappa shape index (κ3) is 3.01. The second kappa shape index (κ2) is 5.39. The van der Waals surface area contributed by atoms with Crippen LogP contribution in [0.3, 0.4) is 0 Å². The van der Waals surface area contributed by atoms with Gasteiger partial charge >= 0.3 is 12.0 Å². The molecule has 2 N–H and O–H groups in total. The molecular formula is C14H24N2O3. The first-order chi connectivity index (χ1) is 8.92. The molecule has 2 rings (SSSR count). The summed E-state index contributed by atoms with van der Waals surface area (Å²) in [6.45, 7) is 4.61. The first-order valence-electron chi connectivity index (χ1n) is 7.21. The molecule has 1 aliphatic carbocycles. The zero-order valence-electron chi connectivity index (χ0n) is 11.8. The van der Waals surface area contributed by atoms with Crippen molar-refractivity contribution in [2.75, 3.05) is 13.1 Å². The van der Waals surface area contributed by atoms with E-state index in [1.54, 1.807) is 11.8 Å². The summed E-state index contributed by atoms with van der Waals surface area (Å²) in [5, 5.41) is 12.2. The Kier molecular flexibility index (Phi) is 4.02. The zero-order chi connectivity index (χ0) is 14.0. The number of aliphatic carboxylic acids is 1. The number of nitrogens with zero attached hydrogens (tertiary/aromatic N) is 1. The van der Waals surface area contributed by atoms with Gasteiger partial charge in [-0.15, -0.1) is 0 Å². The van der Waals surface area contributed by atoms with E-state index in [4.69, 9.17) is 5.11 Å². The van der Waals surface area contributed by atoms with Crippen LogP contribution in [0.15, 0.2) is 0 Å². The molecule has 19 heavy (non-hydrogen) atoms. The third-order valence-electron chi connectivity index (χ3n) is 4.73. The molecule has 1 aliphatic heterocycles. The number of hydrogen-bond acceptors (Lipinski definition) is 2. The Bertz CT molecular complexity index is 366.